The lowest BCUT2D eigenvalue weighted by molar-refractivity contribution is 0.332. The summed E-state index contributed by atoms with van der Waals surface area (Å²) >= 11 is 0. The van der Waals surface area contributed by atoms with Crippen LogP contribution in [0.1, 0.15) is 43.2 Å². The summed E-state index contributed by atoms with van der Waals surface area (Å²) in [6.07, 6.45) is 5.71. The van der Waals surface area contributed by atoms with Crippen LogP contribution in [0.2, 0.25) is 0 Å². The van der Waals surface area contributed by atoms with Gasteiger partial charge in [-0.15, -0.1) is 0 Å². The van der Waals surface area contributed by atoms with E-state index in [9.17, 15) is 10.2 Å². The predicted octanol–water partition coefficient (Wildman–Crippen LogP) is 4.35. The van der Waals surface area contributed by atoms with Crippen LogP contribution in [0.4, 0.5) is 0 Å². The van der Waals surface area contributed by atoms with Crippen LogP contribution in [-0.2, 0) is 5.41 Å². The van der Waals surface area contributed by atoms with E-state index in [0.717, 1.165) is 18.4 Å². The first-order chi connectivity index (χ1) is 9.72. The maximum Gasteiger partial charge on any atom is 0.119 e. The molecule has 0 saturated heterocycles. The fourth-order valence-electron chi connectivity index (χ4n) is 3.53. The van der Waals surface area contributed by atoms with Crippen molar-refractivity contribution in [2.24, 2.45) is 0 Å². The average molecular weight is 268 g/mol. The second-order valence-corrected chi connectivity index (χ2v) is 5.71. The zero-order valence-corrected chi connectivity index (χ0v) is 11.5. The molecule has 0 aromatic heterocycles. The highest BCUT2D eigenvalue weighted by atomic mass is 16.3. The summed E-state index contributed by atoms with van der Waals surface area (Å²) in [7, 11) is 0. The highest BCUT2D eigenvalue weighted by molar-refractivity contribution is 5.47. The molecule has 0 spiro atoms. The largest absolute Gasteiger partial charge is 0.508 e. The van der Waals surface area contributed by atoms with Gasteiger partial charge in [0.1, 0.15) is 11.5 Å². The Hall–Kier alpha value is -1.96. The molecular formula is C18H20O2. The van der Waals surface area contributed by atoms with Crippen LogP contribution in [0.5, 0.6) is 11.5 Å². The van der Waals surface area contributed by atoms with E-state index in [1.165, 1.54) is 24.8 Å². The Morgan fingerprint density at radius 1 is 0.750 bits per heavy atom. The number of hydrogen-bond donors (Lipinski definition) is 2. The third kappa shape index (κ3) is 2.15. The van der Waals surface area contributed by atoms with Crippen LogP contribution in [0.15, 0.2) is 48.5 Å². The van der Waals surface area contributed by atoms with Crippen LogP contribution in [0.25, 0.3) is 0 Å². The number of aromatic hydroxyl groups is 2. The first-order valence-electron chi connectivity index (χ1n) is 7.30. The number of benzene rings is 2. The van der Waals surface area contributed by atoms with Crippen molar-refractivity contribution < 1.29 is 10.2 Å². The standard InChI is InChI=1S/C18H20O2/c19-15-10-8-14(9-11-15)18(12-4-1-5-13-18)16-6-2-3-7-17(16)20/h2-3,6-11,19-20H,1,4-5,12-13H2. The van der Waals surface area contributed by atoms with E-state index in [0.29, 0.717) is 5.75 Å². The first kappa shape index (κ1) is 13.0. The molecular weight excluding hydrogens is 248 g/mol. The van der Waals surface area contributed by atoms with Gasteiger partial charge in [0.05, 0.1) is 0 Å². The Labute approximate surface area is 119 Å². The Kier molecular flexibility index (Phi) is 3.39. The second-order valence-electron chi connectivity index (χ2n) is 5.71. The van der Waals surface area contributed by atoms with Gasteiger partial charge in [-0.1, -0.05) is 49.6 Å². The molecule has 3 rings (SSSR count). The fourth-order valence-corrected chi connectivity index (χ4v) is 3.53. The van der Waals surface area contributed by atoms with Gasteiger partial charge >= 0.3 is 0 Å². The zero-order chi connectivity index (χ0) is 14.0. The molecule has 2 N–H and O–H groups in total. The van der Waals surface area contributed by atoms with Crippen molar-refractivity contribution in [3.63, 3.8) is 0 Å². The quantitative estimate of drug-likeness (QED) is 0.850. The van der Waals surface area contributed by atoms with Crippen LogP contribution in [-0.4, -0.2) is 10.2 Å². The van der Waals surface area contributed by atoms with Gasteiger partial charge in [-0.2, -0.15) is 0 Å². The van der Waals surface area contributed by atoms with Gasteiger partial charge in [0.2, 0.25) is 0 Å². The topological polar surface area (TPSA) is 40.5 Å². The van der Waals surface area contributed by atoms with Crippen molar-refractivity contribution in [2.75, 3.05) is 0 Å². The number of hydrogen-bond acceptors (Lipinski definition) is 2. The van der Waals surface area contributed by atoms with E-state index in [1.807, 2.05) is 30.3 Å². The molecule has 0 bridgehead atoms. The van der Waals surface area contributed by atoms with Gasteiger partial charge in [0, 0.05) is 11.0 Å². The summed E-state index contributed by atoms with van der Waals surface area (Å²) in [6.45, 7) is 0. The van der Waals surface area contributed by atoms with E-state index < -0.39 is 0 Å². The molecule has 0 heterocycles. The average Bonchev–Trinajstić information content (AvgIpc) is 2.49. The van der Waals surface area contributed by atoms with Crippen molar-refractivity contribution in [1.82, 2.24) is 0 Å². The number of phenolic OH excluding ortho intramolecular Hbond substituents is 2. The van der Waals surface area contributed by atoms with Gasteiger partial charge in [0.15, 0.2) is 0 Å². The minimum Gasteiger partial charge on any atom is -0.508 e. The molecule has 104 valence electrons. The minimum absolute atomic E-state index is 0.114. The van der Waals surface area contributed by atoms with Crippen LogP contribution in [0, 0.1) is 0 Å². The molecule has 20 heavy (non-hydrogen) atoms. The summed E-state index contributed by atoms with van der Waals surface area (Å²) in [5.74, 6) is 0.666. The molecule has 0 amide bonds. The summed E-state index contributed by atoms with van der Waals surface area (Å²) in [5.41, 5.74) is 2.10. The molecule has 2 heteroatoms. The highest BCUT2D eigenvalue weighted by Crippen LogP contribution is 2.47. The van der Waals surface area contributed by atoms with Crippen LogP contribution >= 0.6 is 0 Å². The Bertz CT molecular complexity index is 581. The van der Waals surface area contributed by atoms with E-state index in [1.54, 1.807) is 18.2 Å². The van der Waals surface area contributed by atoms with E-state index in [-0.39, 0.29) is 11.2 Å². The van der Waals surface area contributed by atoms with Gasteiger partial charge < -0.3 is 10.2 Å². The summed E-state index contributed by atoms with van der Waals surface area (Å²) in [6, 6.07) is 15.1. The molecule has 2 nitrogen and oxygen atoms in total. The molecule has 0 atom stereocenters. The van der Waals surface area contributed by atoms with Crippen molar-refractivity contribution in [3.8, 4) is 11.5 Å². The molecule has 1 saturated carbocycles. The Morgan fingerprint density at radius 2 is 1.40 bits per heavy atom. The second kappa shape index (κ2) is 5.20. The Morgan fingerprint density at radius 3 is 2.05 bits per heavy atom. The molecule has 0 aliphatic heterocycles. The van der Waals surface area contributed by atoms with Crippen molar-refractivity contribution in [3.05, 3.63) is 59.7 Å². The summed E-state index contributed by atoms with van der Waals surface area (Å²) in [5, 5.41) is 19.8. The molecule has 1 fully saturated rings. The summed E-state index contributed by atoms with van der Waals surface area (Å²) in [4.78, 5) is 0. The molecule has 0 unspecified atom stereocenters. The number of para-hydroxylation sites is 1. The fraction of sp³-hybridized carbons (Fsp3) is 0.333. The lowest BCUT2D eigenvalue weighted by atomic mass is 9.65. The predicted molar refractivity (Wildman–Crippen MR) is 80.1 cm³/mol. The SMILES string of the molecule is Oc1ccc(C2(c3ccccc3O)CCCCC2)cc1. The lowest BCUT2D eigenvalue weighted by Gasteiger charge is -2.39. The van der Waals surface area contributed by atoms with E-state index >= 15 is 0 Å². The molecule has 1 aliphatic carbocycles. The number of phenols is 2. The van der Waals surface area contributed by atoms with Crippen molar-refractivity contribution >= 4 is 0 Å². The lowest BCUT2D eigenvalue weighted by Crippen LogP contribution is -2.30. The summed E-state index contributed by atoms with van der Waals surface area (Å²) < 4.78 is 0. The smallest absolute Gasteiger partial charge is 0.119 e. The van der Waals surface area contributed by atoms with Gasteiger partial charge in [-0.05, 0) is 36.6 Å². The van der Waals surface area contributed by atoms with E-state index in [2.05, 4.69) is 0 Å². The highest BCUT2D eigenvalue weighted by Gasteiger charge is 2.37. The van der Waals surface area contributed by atoms with Gasteiger partial charge in [-0.3, -0.25) is 0 Å². The van der Waals surface area contributed by atoms with Crippen molar-refractivity contribution in [2.45, 2.75) is 37.5 Å². The first-order valence-corrected chi connectivity index (χ1v) is 7.30. The maximum atomic E-state index is 10.3. The zero-order valence-electron chi connectivity index (χ0n) is 11.5. The Balaban J connectivity index is 2.14. The van der Waals surface area contributed by atoms with Gasteiger partial charge in [0.25, 0.3) is 0 Å². The van der Waals surface area contributed by atoms with E-state index in [4.69, 9.17) is 0 Å². The molecule has 0 radical (unpaired) electrons. The third-order valence-corrected chi connectivity index (χ3v) is 4.55. The van der Waals surface area contributed by atoms with Crippen LogP contribution < -0.4 is 0 Å². The van der Waals surface area contributed by atoms with Gasteiger partial charge in [-0.25, -0.2) is 0 Å². The minimum atomic E-state index is -0.114. The molecule has 2 aromatic carbocycles. The van der Waals surface area contributed by atoms with Crippen molar-refractivity contribution in [1.29, 1.82) is 0 Å². The molecule has 1 aliphatic rings. The monoisotopic (exact) mass is 268 g/mol. The maximum absolute atomic E-state index is 10.3. The third-order valence-electron chi connectivity index (χ3n) is 4.55. The normalized spacial score (nSPS) is 17.8. The molecule has 2 aromatic rings. The number of rotatable bonds is 2. The van der Waals surface area contributed by atoms with Crippen LogP contribution in [0.3, 0.4) is 0 Å².